The van der Waals surface area contributed by atoms with Crippen LogP contribution < -0.4 is 10.6 Å². The van der Waals surface area contributed by atoms with Crippen LogP contribution in [0, 0.1) is 17.8 Å². The van der Waals surface area contributed by atoms with Gasteiger partial charge in [0.2, 0.25) is 11.8 Å². The molecule has 1 saturated heterocycles. The van der Waals surface area contributed by atoms with Crippen LogP contribution >= 0.6 is 0 Å². The van der Waals surface area contributed by atoms with E-state index in [9.17, 15) is 14.4 Å². The van der Waals surface area contributed by atoms with Gasteiger partial charge in [-0.05, 0) is 56.6 Å². The number of carbonyl (C=O) groups is 3. The first-order valence-corrected chi connectivity index (χ1v) is 11.8. The lowest BCUT2D eigenvalue weighted by molar-refractivity contribution is -0.137. The molecular weight excluding hydrogens is 390 g/mol. The number of nitrogens with zero attached hydrogens (tertiary/aromatic N) is 1. The van der Waals surface area contributed by atoms with Gasteiger partial charge in [-0.1, -0.05) is 44.9 Å². The zero-order chi connectivity index (χ0) is 22.4. The molecule has 170 valence electrons. The maximum atomic E-state index is 13.1. The Balaban J connectivity index is 1.66. The Morgan fingerprint density at radius 2 is 1.52 bits per heavy atom. The molecule has 1 aliphatic heterocycles. The molecule has 1 saturated carbocycles. The van der Waals surface area contributed by atoms with Gasteiger partial charge < -0.3 is 15.5 Å². The van der Waals surface area contributed by atoms with Crippen molar-refractivity contribution in [1.29, 1.82) is 0 Å². The third-order valence-corrected chi connectivity index (χ3v) is 7.00. The topological polar surface area (TPSA) is 78.5 Å². The van der Waals surface area contributed by atoms with Gasteiger partial charge in [0.05, 0.1) is 0 Å². The lowest BCUT2D eigenvalue weighted by Gasteiger charge is -2.37. The smallest absolute Gasteiger partial charge is 0.251 e. The number of rotatable bonds is 7. The lowest BCUT2D eigenvalue weighted by Crippen LogP contribution is -2.55. The van der Waals surface area contributed by atoms with Crippen LogP contribution in [0.3, 0.4) is 0 Å². The highest BCUT2D eigenvalue weighted by atomic mass is 16.2. The summed E-state index contributed by atoms with van der Waals surface area (Å²) >= 11 is 0. The fraction of sp³-hybridized carbons (Fsp3) is 0.640. The van der Waals surface area contributed by atoms with E-state index in [4.69, 9.17) is 0 Å². The van der Waals surface area contributed by atoms with Gasteiger partial charge in [0.15, 0.2) is 0 Å². The van der Waals surface area contributed by atoms with Crippen molar-refractivity contribution in [3.8, 4) is 0 Å². The van der Waals surface area contributed by atoms with Crippen LogP contribution in [0.15, 0.2) is 30.3 Å². The number of benzene rings is 1. The molecule has 31 heavy (non-hydrogen) atoms. The molecule has 0 unspecified atom stereocenters. The molecule has 2 aliphatic rings. The normalized spacial score (nSPS) is 19.8. The summed E-state index contributed by atoms with van der Waals surface area (Å²) in [5.41, 5.74) is 0.547. The molecule has 6 heteroatoms. The standard InChI is InChI=1S/C25H37N3O3/c1-17(2)18(3)26-24(30)22(27-23(29)20-9-5-4-6-10-20)19-13-15-28(16-14-19)25(31)21-11-7-8-12-21/h4-6,9-10,17-19,21-22H,7-8,11-16H2,1-3H3,(H,26,30)(H,27,29)/t18-,22-/m0/s1. The molecule has 0 radical (unpaired) electrons. The summed E-state index contributed by atoms with van der Waals surface area (Å²) in [4.78, 5) is 40.7. The zero-order valence-electron chi connectivity index (χ0n) is 19.1. The summed E-state index contributed by atoms with van der Waals surface area (Å²) in [5.74, 6) is 0.410. The van der Waals surface area contributed by atoms with Gasteiger partial charge in [0.1, 0.15) is 6.04 Å². The Labute approximate surface area is 186 Å². The number of nitrogens with one attached hydrogen (secondary N) is 2. The lowest BCUT2D eigenvalue weighted by atomic mass is 9.87. The SMILES string of the molecule is CC(C)[C@H](C)NC(=O)[C@@H](NC(=O)c1ccccc1)C1CCN(C(=O)C2CCCC2)CC1. The summed E-state index contributed by atoms with van der Waals surface area (Å²) in [6.45, 7) is 7.43. The van der Waals surface area contributed by atoms with Gasteiger partial charge in [0, 0.05) is 30.6 Å². The number of piperidine rings is 1. The van der Waals surface area contributed by atoms with Crippen LogP contribution in [0.25, 0.3) is 0 Å². The second kappa shape index (κ2) is 10.8. The third kappa shape index (κ3) is 6.08. The van der Waals surface area contributed by atoms with Gasteiger partial charge in [-0.15, -0.1) is 0 Å². The first-order valence-electron chi connectivity index (χ1n) is 11.8. The zero-order valence-corrected chi connectivity index (χ0v) is 19.1. The van der Waals surface area contributed by atoms with Crippen LogP contribution in [-0.2, 0) is 9.59 Å². The van der Waals surface area contributed by atoms with E-state index in [2.05, 4.69) is 24.5 Å². The largest absolute Gasteiger partial charge is 0.352 e. The van der Waals surface area contributed by atoms with Crippen molar-refractivity contribution in [3.63, 3.8) is 0 Å². The molecule has 6 nitrogen and oxygen atoms in total. The highest BCUT2D eigenvalue weighted by Gasteiger charge is 2.36. The summed E-state index contributed by atoms with van der Waals surface area (Å²) in [7, 11) is 0. The minimum Gasteiger partial charge on any atom is -0.352 e. The maximum Gasteiger partial charge on any atom is 0.251 e. The fourth-order valence-corrected chi connectivity index (χ4v) is 4.58. The summed E-state index contributed by atoms with van der Waals surface area (Å²) in [5, 5.41) is 6.07. The van der Waals surface area contributed by atoms with Crippen molar-refractivity contribution in [2.45, 2.75) is 71.4 Å². The predicted octanol–water partition coefficient (Wildman–Crippen LogP) is 3.37. The quantitative estimate of drug-likeness (QED) is 0.700. The predicted molar refractivity (Wildman–Crippen MR) is 121 cm³/mol. The Hall–Kier alpha value is -2.37. The van der Waals surface area contributed by atoms with Crippen LogP contribution in [0.4, 0.5) is 0 Å². The van der Waals surface area contributed by atoms with Gasteiger partial charge in [-0.3, -0.25) is 14.4 Å². The number of likely N-dealkylation sites (tertiary alicyclic amines) is 1. The minimum absolute atomic E-state index is 0.0136. The first kappa shape index (κ1) is 23.3. The molecule has 2 atom stereocenters. The van der Waals surface area contributed by atoms with Crippen molar-refractivity contribution in [1.82, 2.24) is 15.5 Å². The van der Waals surface area contributed by atoms with Gasteiger partial charge in [0.25, 0.3) is 5.91 Å². The molecule has 0 spiro atoms. The average molecular weight is 428 g/mol. The molecule has 3 amide bonds. The maximum absolute atomic E-state index is 13.1. The van der Waals surface area contributed by atoms with Crippen LogP contribution in [0.5, 0.6) is 0 Å². The molecule has 0 aromatic heterocycles. The molecule has 1 aromatic rings. The van der Waals surface area contributed by atoms with Crippen molar-refractivity contribution in [2.75, 3.05) is 13.1 Å². The molecule has 2 fully saturated rings. The van der Waals surface area contributed by atoms with Crippen molar-refractivity contribution in [3.05, 3.63) is 35.9 Å². The van der Waals surface area contributed by atoms with Gasteiger partial charge in [-0.2, -0.15) is 0 Å². The summed E-state index contributed by atoms with van der Waals surface area (Å²) < 4.78 is 0. The molecule has 2 N–H and O–H groups in total. The Morgan fingerprint density at radius 3 is 2.10 bits per heavy atom. The van der Waals surface area contributed by atoms with Crippen LogP contribution in [0.2, 0.25) is 0 Å². The molecule has 1 aliphatic carbocycles. The molecule has 3 rings (SSSR count). The molecule has 1 heterocycles. The number of hydrogen-bond donors (Lipinski definition) is 2. The highest BCUT2D eigenvalue weighted by molar-refractivity contribution is 5.97. The van der Waals surface area contributed by atoms with Crippen LogP contribution in [0.1, 0.15) is 69.7 Å². The second-order valence-corrected chi connectivity index (χ2v) is 9.50. The van der Waals surface area contributed by atoms with Crippen molar-refractivity contribution in [2.24, 2.45) is 17.8 Å². The monoisotopic (exact) mass is 427 g/mol. The molecule has 1 aromatic carbocycles. The van der Waals surface area contributed by atoms with E-state index < -0.39 is 6.04 Å². The van der Waals surface area contributed by atoms with E-state index in [1.165, 1.54) is 0 Å². The Morgan fingerprint density at radius 1 is 0.903 bits per heavy atom. The number of carbonyl (C=O) groups excluding carboxylic acids is 3. The highest BCUT2D eigenvalue weighted by Crippen LogP contribution is 2.29. The second-order valence-electron chi connectivity index (χ2n) is 9.50. The number of amides is 3. The van der Waals surface area contributed by atoms with E-state index >= 15 is 0 Å². The first-order chi connectivity index (χ1) is 14.9. The van der Waals surface area contributed by atoms with Crippen molar-refractivity contribution >= 4 is 17.7 Å². The Kier molecular flexibility index (Phi) is 8.10. The molecule has 0 bridgehead atoms. The van der Waals surface area contributed by atoms with E-state index in [-0.39, 0.29) is 35.6 Å². The van der Waals surface area contributed by atoms with Crippen molar-refractivity contribution < 1.29 is 14.4 Å². The minimum atomic E-state index is -0.599. The fourth-order valence-electron chi connectivity index (χ4n) is 4.58. The molecular formula is C25H37N3O3. The Bertz CT molecular complexity index is 751. The van der Waals surface area contributed by atoms with E-state index in [1.54, 1.807) is 12.1 Å². The summed E-state index contributed by atoms with van der Waals surface area (Å²) in [6, 6.07) is 8.43. The van der Waals surface area contributed by atoms with E-state index in [1.807, 2.05) is 30.0 Å². The van der Waals surface area contributed by atoms with Crippen LogP contribution in [-0.4, -0.2) is 47.8 Å². The van der Waals surface area contributed by atoms with Gasteiger partial charge in [-0.25, -0.2) is 0 Å². The summed E-state index contributed by atoms with van der Waals surface area (Å²) in [6.07, 6.45) is 5.75. The third-order valence-electron chi connectivity index (χ3n) is 7.00. The van der Waals surface area contributed by atoms with E-state index in [0.29, 0.717) is 24.6 Å². The average Bonchev–Trinajstić information content (AvgIpc) is 3.32. The van der Waals surface area contributed by atoms with Gasteiger partial charge >= 0.3 is 0 Å². The number of hydrogen-bond acceptors (Lipinski definition) is 3. The van der Waals surface area contributed by atoms with E-state index in [0.717, 1.165) is 38.5 Å².